The number of nitrogens with zero attached hydrogens (tertiary/aromatic N) is 4. The van der Waals surface area contributed by atoms with E-state index < -0.39 is 4.92 Å². The van der Waals surface area contributed by atoms with Gasteiger partial charge in [0.25, 0.3) is 11.6 Å². The summed E-state index contributed by atoms with van der Waals surface area (Å²) in [6.07, 6.45) is 1.59. The fraction of sp³-hybridized carbons (Fsp3) is 0.250. The summed E-state index contributed by atoms with van der Waals surface area (Å²) in [5, 5.41) is 15.2. The molecule has 0 N–H and O–H groups in total. The number of hydrogen-bond donors (Lipinski definition) is 0. The van der Waals surface area contributed by atoms with E-state index in [2.05, 4.69) is 10.1 Å². The molecule has 9 heteroatoms. The summed E-state index contributed by atoms with van der Waals surface area (Å²) in [5.41, 5.74) is 0.812. The summed E-state index contributed by atoms with van der Waals surface area (Å²) in [5.74, 6) is 0.637. The van der Waals surface area contributed by atoms with Gasteiger partial charge in [0, 0.05) is 30.3 Å². The van der Waals surface area contributed by atoms with E-state index in [-0.39, 0.29) is 28.1 Å². The largest absolute Gasteiger partial charge is 0.339 e. The van der Waals surface area contributed by atoms with E-state index in [9.17, 15) is 14.9 Å². The van der Waals surface area contributed by atoms with Crippen molar-refractivity contribution in [1.29, 1.82) is 0 Å². The molecule has 1 amide bonds. The second kappa shape index (κ2) is 8.00. The summed E-state index contributed by atoms with van der Waals surface area (Å²) in [6.45, 7) is 0.969. The molecular weight excluding hydrogens is 396 g/mol. The third kappa shape index (κ3) is 3.97. The number of nitro benzene ring substituents is 1. The summed E-state index contributed by atoms with van der Waals surface area (Å²) >= 11 is 5.84. The lowest BCUT2D eigenvalue weighted by atomic mass is 9.97. The maximum Gasteiger partial charge on any atom is 0.288 e. The van der Waals surface area contributed by atoms with Gasteiger partial charge in [0.05, 0.1) is 10.8 Å². The summed E-state index contributed by atoms with van der Waals surface area (Å²) in [6, 6.07) is 13.6. The van der Waals surface area contributed by atoms with Gasteiger partial charge >= 0.3 is 0 Å². The van der Waals surface area contributed by atoms with Gasteiger partial charge in [0.1, 0.15) is 5.02 Å². The van der Waals surface area contributed by atoms with Crippen molar-refractivity contribution in [3.63, 3.8) is 0 Å². The second-order valence-electron chi connectivity index (χ2n) is 6.84. The van der Waals surface area contributed by atoms with Crippen molar-refractivity contribution in [2.24, 2.45) is 0 Å². The molecule has 4 rings (SSSR count). The van der Waals surface area contributed by atoms with Gasteiger partial charge in [-0.05, 0) is 25.0 Å². The first-order valence-electron chi connectivity index (χ1n) is 9.15. The Hall–Kier alpha value is -3.26. The van der Waals surface area contributed by atoms with Crippen LogP contribution in [0.5, 0.6) is 0 Å². The molecule has 0 unspecified atom stereocenters. The minimum atomic E-state index is -0.596. The maximum atomic E-state index is 12.9. The Bertz CT molecular complexity index is 1050. The number of benzene rings is 2. The highest BCUT2D eigenvalue weighted by Gasteiger charge is 2.30. The highest BCUT2D eigenvalue weighted by molar-refractivity contribution is 6.32. The highest BCUT2D eigenvalue weighted by atomic mass is 35.5. The van der Waals surface area contributed by atoms with Gasteiger partial charge in [-0.3, -0.25) is 14.9 Å². The number of rotatable bonds is 4. The average molecular weight is 413 g/mol. The number of carbonyl (C=O) groups is 1. The van der Waals surface area contributed by atoms with Crippen LogP contribution < -0.4 is 0 Å². The van der Waals surface area contributed by atoms with Gasteiger partial charge in [0.2, 0.25) is 11.7 Å². The van der Waals surface area contributed by atoms with E-state index >= 15 is 0 Å². The van der Waals surface area contributed by atoms with Crippen LogP contribution >= 0.6 is 11.6 Å². The molecule has 0 bridgehead atoms. The van der Waals surface area contributed by atoms with Crippen LogP contribution in [0.3, 0.4) is 0 Å². The molecule has 0 radical (unpaired) electrons. The molecule has 0 aliphatic carbocycles. The number of amides is 1. The van der Waals surface area contributed by atoms with Gasteiger partial charge < -0.3 is 9.42 Å². The molecule has 0 saturated carbocycles. The number of likely N-dealkylation sites (tertiary alicyclic amines) is 1. The lowest BCUT2D eigenvalue weighted by molar-refractivity contribution is -0.384. The number of piperidine rings is 1. The molecule has 8 nitrogen and oxygen atoms in total. The Balaban J connectivity index is 1.52. The quantitative estimate of drug-likeness (QED) is 0.467. The number of carbonyl (C=O) groups excluding carboxylic acids is 1. The van der Waals surface area contributed by atoms with Crippen LogP contribution in [-0.4, -0.2) is 39.0 Å². The smallest absolute Gasteiger partial charge is 0.288 e. The van der Waals surface area contributed by atoms with Crippen LogP contribution in [0.25, 0.3) is 11.4 Å². The molecule has 148 valence electrons. The van der Waals surface area contributed by atoms with E-state index in [0.717, 1.165) is 18.4 Å². The monoisotopic (exact) mass is 412 g/mol. The van der Waals surface area contributed by atoms with Crippen molar-refractivity contribution in [2.45, 2.75) is 18.8 Å². The lowest BCUT2D eigenvalue weighted by Crippen LogP contribution is -2.39. The first-order chi connectivity index (χ1) is 14.0. The number of halogens is 1. The number of aromatic nitrogens is 2. The number of nitro groups is 1. The van der Waals surface area contributed by atoms with Gasteiger partial charge in [-0.2, -0.15) is 4.98 Å². The molecule has 1 aromatic heterocycles. The first-order valence-corrected chi connectivity index (χ1v) is 9.53. The van der Waals surface area contributed by atoms with Gasteiger partial charge in [-0.15, -0.1) is 0 Å². The van der Waals surface area contributed by atoms with E-state index in [1.807, 2.05) is 30.3 Å². The molecule has 2 aromatic carbocycles. The SMILES string of the molecule is O=C(c1ccc(Cl)c([N+](=O)[O-])c1)N1CCC[C@@H](c2nc(-c3ccccc3)no2)C1. The zero-order valence-corrected chi connectivity index (χ0v) is 16.1. The van der Waals surface area contributed by atoms with Crippen LogP contribution in [0.1, 0.15) is 35.0 Å². The molecule has 1 aliphatic heterocycles. The van der Waals surface area contributed by atoms with Crippen LogP contribution in [0.4, 0.5) is 5.69 Å². The Morgan fingerprint density at radius 3 is 2.79 bits per heavy atom. The fourth-order valence-electron chi connectivity index (χ4n) is 3.44. The Morgan fingerprint density at radius 1 is 1.24 bits per heavy atom. The molecule has 1 atom stereocenters. The molecule has 29 heavy (non-hydrogen) atoms. The average Bonchev–Trinajstić information content (AvgIpc) is 3.24. The molecule has 1 fully saturated rings. The van der Waals surface area contributed by atoms with Crippen LogP contribution in [0.2, 0.25) is 5.02 Å². The molecule has 3 aromatic rings. The molecule has 1 saturated heterocycles. The van der Waals surface area contributed by atoms with Crippen molar-refractivity contribution in [2.75, 3.05) is 13.1 Å². The molecule has 1 aliphatic rings. The normalized spacial score (nSPS) is 16.6. The predicted octanol–water partition coefficient (Wildman–Crippen LogP) is 4.32. The predicted molar refractivity (Wildman–Crippen MR) is 106 cm³/mol. The standard InChI is InChI=1S/C20H17ClN4O4/c21-16-9-8-14(11-17(16)25(27)28)20(26)24-10-4-7-15(12-24)19-22-18(23-29-19)13-5-2-1-3-6-13/h1-3,5-6,8-9,11,15H,4,7,10,12H2/t15-/m1/s1. The van der Waals surface area contributed by atoms with Crippen LogP contribution in [0.15, 0.2) is 53.1 Å². The summed E-state index contributed by atoms with van der Waals surface area (Å²) in [4.78, 5) is 29.5. The third-order valence-electron chi connectivity index (χ3n) is 4.92. The lowest BCUT2D eigenvalue weighted by Gasteiger charge is -2.31. The van der Waals surface area contributed by atoms with Crippen molar-refractivity contribution in [3.05, 3.63) is 75.1 Å². The van der Waals surface area contributed by atoms with Crippen molar-refractivity contribution in [1.82, 2.24) is 15.0 Å². The molecule has 0 spiro atoms. The second-order valence-corrected chi connectivity index (χ2v) is 7.24. The van der Waals surface area contributed by atoms with E-state index in [1.54, 1.807) is 4.90 Å². The zero-order valence-electron chi connectivity index (χ0n) is 15.3. The highest BCUT2D eigenvalue weighted by Crippen LogP contribution is 2.30. The first kappa shape index (κ1) is 19.1. The van der Waals surface area contributed by atoms with Gasteiger partial charge in [-0.25, -0.2) is 0 Å². The van der Waals surface area contributed by atoms with E-state index in [4.69, 9.17) is 16.1 Å². The molecule has 2 heterocycles. The van der Waals surface area contributed by atoms with Crippen molar-refractivity contribution in [3.8, 4) is 11.4 Å². The molecular formula is C20H17ClN4O4. The van der Waals surface area contributed by atoms with Gasteiger partial charge in [-0.1, -0.05) is 47.1 Å². The topological polar surface area (TPSA) is 102 Å². The number of hydrogen-bond acceptors (Lipinski definition) is 6. The van der Waals surface area contributed by atoms with Crippen molar-refractivity contribution >= 4 is 23.2 Å². The Morgan fingerprint density at radius 2 is 2.03 bits per heavy atom. The third-order valence-corrected chi connectivity index (χ3v) is 5.24. The van der Waals surface area contributed by atoms with E-state index in [1.165, 1.54) is 18.2 Å². The maximum absolute atomic E-state index is 12.9. The van der Waals surface area contributed by atoms with E-state index in [0.29, 0.717) is 24.8 Å². The van der Waals surface area contributed by atoms with Crippen LogP contribution in [0, 0.1) is 10.1 Å². The zero-order chi connectivity index (χ0) is 20.4. The summed E-state index contributed by atoms with van der Waals surface area (Å²) in [7, 11) is 0. The van der Waals surface area contributed by atoms with Crippen LogP contribution in [-0.2, 0) is 0 Å². The van der Waals surface area contributed by atoms with Crippen molar-refractivity contribution < 1.29 is 14.2 Å². The minimum absolute atomic E-state index is 0.00220. The Kier molecular flexibility index (Phi) is 5.26. The minimum Gasteiger partial charge on any atom is -0.339 e. The summed E-state index contributed by atoms with van der Waals surface area (Å²) < 4.78 is 5.45. The van der Waals surface area contributed by atoms with Gasteiger partial charge in [0.15, 0.2) is 0 Å². The Labute approximate surface area is 171 Å². The fourth-order valence-corrected chi connectivity index (χ4v) is 3.62.